The summed E-state index contributed by atoms with van der Waals surface area (Å²) < 4.78 is 4.82. The van der Waals surface area contributed by atoms with Gasteiger partial charge in [0.25, 0.3) is 0 Å². The quantitative estimate of drug-likeness (QED) is 0.0811. The fourth-order valence-corrected chi connectivity index (χ4v) is 12.0. The maximum Gasteiger partial charge on any atom is 0.144 e. The lowest BCUT2D eigenvalue weighted by atomic mass is 9.73. The number of para-hydroxylation sites is 1. The number of hydrogen-bond acceptors (Lipinski definition) is 2. The SMILES string of the molecule is CC.CCC(c1cccc(C(CC)C(C)C)c1-n1ccnc1-c1ccccc1C(C)C)C(C)C.Cc1ccccc1-c1nccn1C1=C(C(C)CC(C)C)CC(c2ccccc2)C=C1CC(C(C)C)C(C)C. The minimum atomic E-state index is 0.407. The minimum absolute atomic E-state index is 0.407. The minimum Gasteiger partial charge on any atom is -0.300 e. The van der Waals surface area contributed by atoms with E-state index in [9.17, 15) is 0 Å². The summed E-state index contributed by atoms with van der Waals surface area (Å²) in [5.74, 6) is 8.22. The van der Waals surface area contributed by atoms with Crippen molar-refractivity contribution in [2.75, 3.05) is 0 Å². The standard InChI is InChI=1S/C36H48N2.C30H42N2.C2H6/c1-24(2)20-28(8)34-22-30(29-15-10-9-11-16-29)21-31(23-33(25(3)4)26(5)6)35(34)38-19-18-37-36(38)32-17-13-12-14-27(32)7;1-9-23(20(3)4)26-16-13-17-27(24(10-2)21(5)6)29(26)32-19-18-31-30(32)28-15-12-11-14-25(28)22(7)8;1-2/h9-19,21,24-26,28,30,33H,20,22-23H2,1-8H3;11-24H,9-10H2,1-8H3;1-2H3. The van der Waals surface area contributed by atoms with Crippen LogP contribution in [0.5, 0.6) is 0 Å². The van der Waals surface area contributed by atoms with Crippen LogP contribution in [0.3, 0.4) is 0 Å². The maximum atomic E-state index is 4.94. The molecule has 4 heteroatoms. The van der Waals surface area contributed by atoms with Gasteiger partial charge in [-0.2, -0.15) is 0 Å². The monoisotopic (exact) mass is 969 g/mol. The molecule has 4 atom stereocenters. The summed E-state index contributed by atoms with van der Waals surface area (Å²) in [5, 5.41) is 0. The highest BCUT2D eigenvalue weighted by molar-refractivity contribution is 5.76. The molecule has 72 heavy (non-hydrogen) atoms. The number of aryl methyl sites for hydroxylation is 1. The van der Waals surface area contributed by atoms with E-state index >= 15 is 0 Å². The summed E-state index contributed by atoms with van der Waals surface area (Å²) in [5.41, 5.74) is 15.3. The van der Waals surface area contributed by atoms with E-state index in [-0.39, 0.29) is 0 Å². The molecule has 0 bridgehead atoms. The van der Waals surface area contributed by atoms with E-state index in [0.717, 1.165) is 37.3 Å². The average molecular weight is 970 g/mol. The Morgan fingerprint density at radius 1 is 0.556 bits per heavy atom. The zero-order chi connectivity index (χ0) is 52.8. The van der Waals surface area contributed by atoms with Crippen LogP contribution < -0.4 is 0 Å². The number of benzene rings is 4. The largest absolute Gasteiger partial charge is 0.300 e. The fraction of sp³-hybridized carbons (Fsp3) is 0.500. The molecule has 4 unspecified atom stereocenters. The Kier molecular flexibility index (Phi) is 21.8. The van der Waals surface area contributed by atoms with Gasteiger partial charge < -0.3 is 0 Å². The second-order valence-corrected chi connectivity index (χ2v) is 22.8. The number of imidazole rings is 2. The van der Waals surface area contributed by atoms with Gasteiger partial charge in [0.1, 0.15) is 11.6 Å². The molecule has 4 aromatic carbocycles. The zero-order valence-electron chi connectivity index (χ0n) is 48.3. The van der Waals surface area contributed by atoms with E-state index in [0.29, 0.717) is 65.1 Å². The van der Waals surface area contributed by atoms with Crippen LogP contribution in [-0.4, -0.2) is 19.1 Å². The molecular weight excluding hydrogens is 873 g/mol. The van der Waals surface area contributed by atoms with Crippen LogP contribution in [-0.2, 0) is 0 Å². The first-order valence-electron chi connectivity index (χ1n) is 28.3. The summed E-state index contributed by atoms with van der Waals surface area (Å²) in [6.07, 6.45) is 16.6. The Bertz CT molecular complexity index is 2580. The van der Waals surface area contributed by atoms with Crippen molar-refractivity contribution in [1.29, 1.82) is 0 Å². The number of allylic oxidation sites excluding steroid dienone is 4. The van der Waals surface area contributed by atoms with E-state index in [4.69, 9.17) is 9.97 Å². The van der Waals surface area contributed by atoms with Gasteiger partial charge in [0.2, 0.25) is 0 Å². The van der Waals surface area contributed by atoms with Crippen molar-refractivity contribution in [3.63, 3.8) is 0 Å². The lowest BCUT2D eigenvalue weighted by Gasteiger charge is -2.35. The molecule has 7 rings (SSSR count). The van der Waals surface area contributed by atoms with E-state index in [1.54, 1.807) is 5.57 Å². The highest BCUT2D eigenvalue weighted by Gasteiger charge is 2.32. The molecule has 0 saturated carbocycles. The second-order valence-electron chi connectivity index (χ2n) is 22.8. The summed E-state index contributed by atoms with van der Waals surface area (Å²) in [4.78, 5) is 9.85. The van der Waals surface area contributed by atoms with Crippen LogP contribution in [0.4, 0.5) is 0 Å². The first-order chi connectivity index (χ1) is 34.5. The van der Waals surface area contributed by atoms with Crippen LogP contribution in [0.1, 0.15) is 201 Å². The topological polar surface area (TPSA) is 35.6 Å². The lowest BCUT2D eigenvalue weighted by molar-refractivity contribution is 0.287. The Labute approximate surface area is 439 Å². The molecule has 2 aromatic heterocycles. The van der Waals surface area contributed by atoms with Gasteiger partial charge in [-0.15, -0.1) is 0 Å². The van der Waals surface area contributed by atoms with Gasteiger partial charge in [-0.3, -0.25) is 9.13 Å². The predicted octanol–water partition coefficient (Wildman–Crippen LogP) is 20.2. The molecule has 0 fully saturated rings. The van der Waals surface area contributed by atoms with Crippen molar-refractivity contribution in [2.24, 2.45) is 41.4 Å². The Morgan fingerprint density at radius 3 is 1.57 bits per heavy atom. The molecular formula is C68H96N4. The molecule has 4 nitrogen and oxygen atoms in total. The Hall–Kier alpha value is -5.22. The molecule has 0 spiro atoms. The number of rotatable bonds is 19. The predicted molar refractivity (Wildman–Crippen MR) is 314 cm³/mol. The molecule has 0 N–H and O–H groups in total. The van der Waals surface area contributed by atoms with E-state index in [2.05, 4.69) is 235 Å². The van der Waals surface area contributed by atoms with Crippen molar-refractivity contribution in [1.82, 2.24) is 19.1 Å². The molecule has 0 amide bonds. The van der Waals surface area contributed by atoms with Gasteiger partial charge in [0, 0.05) is 47.5 Å². The van der Waals surface area contributed by atoms with Gasteiger partial charge in [-0.25, -0.2) is 9.97 Å². The molecule has 1 aliphatic carbocycles. The van der Waals surface area contributed by atoms with Crippen molar-refractivity contribution in [3.05, 3.63) is 167 Å². The second kappa shape index (κ2) is 27.2. The first-order valence-corrected chi connectivity index (χ1v) is 28.3. The molecule has 6 aromatic rings. The van der Waals surface area contributed by atoms with E-state index in [1.807, 2.05) is 26.2 Å². The fourth-order valence-electron chi connectivity index (χ4n) is 12.0. The van der Waals surface area contributed by atoms with Crippen LogP contribution in [0.25, 0.3) is 34.2 Å². The Morgan fingerprint density at radius 2 is 1.06 bits per heavy atom. The summed E-state index contributed by atoms with van der Waals surface area (Å²) in [7, 11) is 0. The van der Waals surface area contributed by atoms with Crippen LogP contribution in [0.2, 0.25) is 0 Å². The summed E-state index contributed by atoms with van der Waals surface area (Å²) in [6.45, 7) is 41.5. The molecule has 0 aliphatic heterocycles. The third kappa shape index (κ3) is 13.7. The number of nitrogens with zero attached hydrogens (tertiary/aromatic N) is 4. The molecule has 0 radical (unpaired) electrons. The van der Waals surface area contributed by atoms with Crippen molar-refractivity contribution >= 4 is 5.70 Å². The van der Waals surface area contributed by atoms with Crippen LogP contribution in [0, 0.1) is 48.3 Å². The van der Waals surface area contributed by atoms with Crippen molar-refractivity contribution in [3.8, 4) is 28.5 Å². The van der Waals surface area contributed by atoms with Gasteiger partial charge in [0.05, 0.1) is 5.69 Å². The van der Waals surface area contributed by atoms with Crippen molar-refractivity contribution < 1.29 is 0 Å². The Balaban J connectivity index is 0.000000262. The van der Waals surface area contributed by atoms with Crippen molar-refractivity contribution in [2.45, 2.75) is 180 Å². The average Bonchev–Trinajstić information content (AvgIpc) is 4.05. The van der Waals surface area contributed by atoms with Gasteiger partial charge >= 0.3 is 0 Å². The van der Waals surface area contributed by atoms with Gasteiger partial charge in [-0.1, -0.05) is 221 Å². The maximum absolute atomic E-state index is 4.94. The third-order valence-electron chi connectivity index (χ3n) is 15.6. The summed E-state index contributed by atoms with van der Waals surface area (Å²) in [6, 6.07) is 35.6. The molecule has 388 valence electrons. The highest BCUT2D eigenvalue weighted by Crippen LogP contribution is 2.47. The van der Waals surface area contributed by atoms with E-state index < -0.39 is 0 Å². The molecule has 1 aliphatic rings. The van der Waals surface area contributed by atoms with Gasteiger partial charge in [0.15, 0.2) is 0 Å². The van der Waals surface area contributed by atoms with Crippen LogP contribution in [0.15, 0.2) is 139 Å². The lowest BCUT2D eigenvalue weighted by Crippen LogP contribution is -2.22. The normalized spacial score (nSPS) is 15.3. The first kappa shape index (κ1) is 57.7. The molecule has 2 heterocycles. The van der Waals surface area contributed by atoms with Gasteiger partial charge in [-0.05, 0) is 137 Å². The zero-order valence-corrected chi connectivity index (χ0v) is 48.3. The number of aromatic nitrogens is 4. The molecule has 0 saturated heterocycles. The summed E-state index contributed by atoms with van der Waals surface area (Å²) >= 11 is 0. The van der Waals surface area contributed by atoms with E-state index in [1.165, 1.54) is 62.3 Å². The third-order valence-corrected chi connectivity index (χ3v) is 15.6. The van der Waals surface area contributed by atoms with Crippen LogP contribution >= 0.6 is 0 Å². The smallest absolute Gasteiger partial charge is 0.144 e. The highest BCUT2D eigenvalue weighted by atomic mass is 15.1. The number of hydrogen-bond donors (Lipinski definition) is 0.